The fourth-order valence-electron chi connectivity index (χ4n) is 2.22. The lowest BCUT2D eigenvalue weighted by Gasteiger charge is -2.42. The minimum atomic E-state index is 0.451. The molecule has 0 amide bonds. The highest BCUT2D eigenvalue weighted by molar-refractivity contribution is 5.53. The lowest BCUT2D eigenvalue weighted by atomic mass is 10.1. The van der Waals surface area contributed by atoms with Crippen LogP contribution in [-0.4, -0.2) is 47.3 Å². The number of aromatic nitrogens is 2. The van der Waals surface area contributed by atoms with E-state index in [1.54, 1.807) is 12.3 Å². The normalized spacial score (nSPS) is 25.6. The zero-order valence-corrected chi connectivity index (χ0v) is 10.5. The average Bonchev–Trinajstić information content (AvgIpc) is 2.35. The van der Waals surface area contributed by atoms with E-state index in [4.69, 9.17) is 5.26 Å². The fraction of sp³-hybridized carbons (Fsp3) is 0.583. The molecule has 2 rings (SSSR count). The molecule has 0 aromatic carbocycles. The van der Waals surface area contributed by atoms with Crippen molar-refractivity contribution >= 4 is 5.82 Å². The molecule has 0 N–H and O–H groups in total. The third-order valence-electron chi connectivity index (χ3n) is 3.48. The first-order valence-corrected chi connectivity index (χ1v) is 5.82. The molecule has 1 aliphatic heterocycles. The Morgan fingerprint density at radius 3 is 2.59 bits per heavy atom. The predicted molar refractivity (Wildman–Crippen MR) is 65.6 cm³/mol. The van der Waals surface area contributed by atoms with Crippen LogP contribution in [0.3, 0.4) is 0 Å². The van der Waals surface area contributed by atoms with Crippen LogP contribution in [0.1, 0.15) is 19.4 Å². The molecule has 1 aliphatic rings. The summed E-state index contributed by atoms with van der Waals surface area (Å²) in [5.41, 5.74) is 0.601. The lowest BCUT2D eigenvalue weighted by molar-refractivity contribution is 0.169. The van der Waals surface area contributed by atoms with Gasteiger partial charge in [-0.3, -0.25) is 4.90 Å². The van der Waals surface area contributed by atoms with Gasteiger partial charge in [0.15, 0.2) is 5.82 Å². The summed E-state index contributed by atoms with van der Waals surface area (Å²) in [7, 11) is 2.13. The monoisotopic (exact) mass is 231 g/mol. The quantitative estimate of drug-likeness (QED) is 0.718. The Morgan fingerprint density at radius 1 is 1.35 bits per heavy atom. The maximum Gasteiger partial charge on any atom is 0.169 e. The molecule has 2 heterocycles. The SMILES string of the molecule is CC1CN(c2nnccc2C#N)CC(C)N1C. The van der Waals surface area contributed by atoms with Gasteiger partial charge < -0.3 is 4.90 Å². The van der Waals surface area contributed by atoms with Crippen molar-refractivity contribution in [1.82, 2.24) is 15.1 Å². The molecule has 2 unspecified atom stereocenters. The van der Waals surface area contributed by atoms with Gasteiger partial charge in [0.25, 0.3) is 0 Å². The van der Waals surface area contributed by atoms with Crippen LogP contribution in [0.2, 0.25) is 0 Å². The van der Waals surface area contributed by atoms with E-state index in [0.717, 1.165) is 13.1 Å². The highest BCUT2D eigenvalue weighted by Gasteiger charge is 2.28. The summed E-state index contributed by atoms with van der Waals surface area (Å²) < 4.78 is 0. The third-order valence-corrected chi connectivity index (χ3v) is 3.48. The third kappa shape index (κ3) is 2.22. The number of rotatable bonds is 1. The molecule has 1 saturated heterocycles. The second-order valence-corrected chi connectivity index (χ2v) is 4.65. The topological polar surface area (TPSA) is 56.1 Å². The van der Waals surface area contributed by atoms with E-state index in [1.807, 2.05) is 0 Å². The van der Waals surface area contributed by atoms with Crippen LogP contribution in [0.4, 0.5) is 5.82 Å². The van der Waals surface area contributed by atoms with Gasteiger partial charge in [0.2, 0.25) is 0 Å². The highest BCUT2D eigenvalue weighted by atomic mass is 15.3. The van der Waals surface area contributed by atoms with Gasteiger partial charge in [-0.1, -0.05) is 0 Å². The van der Waals surface area contributed by atoms with Gasteiger partial charge in [-0.25, -0.2) is 0 Å². The van der Waals surface area contributed by atoms with Crippen molar-refractivity contribution in [1.29, 1.82) is 5.26 Å². The Morgan fingerprint density at radius 2 is 2.00 bits per heavy atom. The number of hydrogen-bond acceptors (Lipinski definition) is 5. The number of piperazine rings is 1. The smallest absolute Gasteiger partial charge is 0.169 e. The molecule has 0 saturated carbocycles. The molecule has 1 aromatic heterocycles. The summed E-state index contributed by atoms with van der Waals surface area (Å²) in [5, 5.41) is 17.1. The Balaban J connectivity index is 2.26. The van der Waals surface area contributed by atoms with Gasteiger partial charge >= 0.3 is 0 Å². The first-order chi connectivity index (χ1) is 8.13. The first-order valence-electron chi connectivity index (χ1n) is 5.82. The van der Waals surface area contributed by atoms with Gasteiger partial charge in [0.1, 0.15) is 6.07 Å². The molecule has 0 aliphatic carbocycles. The Hall–Kier alpha value is -1.67. The van der Waals surface area contributed by atoms with Gasteiger partial charge in [-0.15, -0.1) is 5.10 Å². The average molecular weight is 231 g/mol. The summed E-state index contributed by atoms with van der Waals surface area (Å²) in [6.45, 7) is 6.14. The van der Waals surface area contributed by atoms with Crippen LogP contribution >= 0.6 is 0 Å². The van der Waals surface area contributed by atoms with Crippen LogP contribution in [0.5, 0.6) is 0 Å². The minimum Gasteiger partial charge on any atom is -0.351 e. The molecular weight excluding hydrogens is 214 g/mol. The van der Waals surface area contributed by atoms with E-state index in [2.05, 4.69) is 47.0 Å². The number of hydrogen-bond donors (Lipinski definition) is 0. The second-order valence-electron chi connectivity index (χ2n) is 4.65. The number of likely N-dealkylation sites (N-methyl/N-ethyl adjacent to an activating group) is 1. The minimum absolute atomic E-state index is 0.451. The Bertz CT molecular complexity index is 427. The van der Waals surface area contributed by atoms with Crippen molar-refractivity contribution in [2.24, 2.45) is 0 Å². The molecule has 5 heteroatoms. The van der Waals surface area contributed by atoms with Crippen molar-refractivity contribution in [3.05, 3.63) is 17.8 Å². The lowest BCUT2D eigenvalue weighted by Crippen LogP contribution is -2.55. The highest BCUT2D eigenvalue weighted by Crippen LogP contribution is 2.21. The summed E-state index contributed by atoms with van der Waals surface area (Å²) in [5.74, 6) is 0.710. The number of nitrogens with zero attached hydrogens (tertiary/aromatic N) is 5. The standard InChI is InChI=1S/C12H17N5/c1-9-7-17(8-10(2)16(9)3)12-11(6-13)4-5-14-15-12/h4-5,9-10H,7-8H2,1-3H3. The van der Waals surface area contributed by atoms with Gasteiger partial charge in [-0.2, -0.15) is 10.4 Å². The van der Waals surface area contributed by atoms with Gasteiger partial charge in [0, 0.05) is 25.2 Å². The summed E-state index contributed by atoms with van der Waals surface area (Å²) >= 11 is 0. The molecule has 17 heavy (non-hydrogen) atoms. The fourth-order valence-corrected chi connectivity index (χ4v) is 2.22. The zero-order chi connectivity index (χ0) is 12.4. The molecule has 90 valence electrons. The van der Waals surface area contributed by atoms with Crippen molar-refractivity contribution in [2.75, 3.05) is 25.0 Å². The van der Waals surface area contributed by atoms with Gasteiger partial charge in [0.05, 0.1) is 11.8 Å². The number of anilines is 1. The van der Waals surface area contributed by atoms with E-state index in [1.165, 1.54) is 0 Å². The van der Waals surface area contributed by atoms with Crippen LogP contribution in [0, 0.1) is 11.3 Å². The molecule has 0 radical (unpaired) electrons. The predicted octanol–water partition coefficient (Wildman–Crippen LogP) is 0.877. The maximum absolute atomic E-state index is 9.08. The van der Waals surface area contributed by atoms with Gasteiger partial charge in [-0.05, 0) is 27.0 Å². The molecule has 1 aromatic rings. The zero-order valence-electron chi connectivity index (χ0n) is 10.5. The van der Waals surface area contributed by atoms with Crippen LogP contribution < -0.4 is 4.90 Å². The molecule has 0 bridgehead atoms. The summed E-state index contributed by atoms with van der Waals surface area (Å²) in [6, 6.07) is 4.80. The largest absolute Gasteiger partial charge is 0.351 e. The van der Waals surface area contributed by atoms with Crippen molar-refractivity contribution in [2.45, 2.75) is 25.9 Å². The first kappa shape index (κ1) is 11.8. The van der Waals surface area contributed by atoms with Crippen molar-refractivity contribution in [3.63, 3.8) is 0 Å². The molecule has 0 spiro atoms. The van der Waals surface area contributed by atoms with E-state index in [9.17, 15) is 0 Å². The van der Waals surface area contributed by atoms with Crippen molar-refractivity contribution in [3.8, 4) is 6.07 Å². The molecule has 2 atom stereocenters. The molecular formula is C12H17N5. The van der Waals surface area contributed by atoms with E-state index in [-0.39, 0.29) is 0 Å². The second kappa shape index (κ2) is 4.68. The summed E-state index contributed by atoms with van der Waals surface area (Å²) in [4.78, 5) is 4.50. The molecule has 1 fully saturated rings. The van der Waals surface area contributed by atoms with E-state index < -0.39 is 0 Å². The Labute approximate surface area is 102 Å². The van der Waals surface area contributed by atoms with E-state index in [0.29, 0.717) is 23.5 Å². The van der Waals surface area contributed by atoms with Crippen LogP contribution in [0.25, 0.3) is 0 Å². The molecule has 5 nitrogen and oxygen atoms in total. The Kier molecular flexibility index (Phi) is 3.25. The maximum atomic E-state index is 9.08. The van der Waals surface area contributed by atoms with Crippen LogP contribution in [0.15, 0.2) is 12.3 Å². The van der Waals surface area contributed by atoms with Crippen LogP contribution in [-0.2, 0) is 0 Å². The van der Waals surface area contributed by atoms with Crippen molar-refractivity contribution < 1.29 is 0 Å². The van der Waals surface area contributed by atoms with E-state index >= 15 is 0 Å². The number of nitriles is 1. The summed E-state index contributed by atoms with van der Waals surface area (Å²) in [6.07, 6.45) is 1.56.